The van der Waals surface area contributed by atoms with Gasteiger partial charge in [-0.3, -0.25) is 0 Å². The van der Waals surface area contributed by atoms with E-state index in [0.29, 0.717) is 6.54 Å². The van der Waals surface area contributed by atoms with E-state index >= 15 is 0 Å². The molecule has 2 aliphatic rings. The normalized spacial score (nSPS) is 29.1. The predicted molar refractivity (Wildman–Crippen MR) is 64.1 cm³/mol. The van der Waals surface area contributed by atoms with Crippen LogP contribution in [0, 0.1) is 5.41 Å². The van der Waals surface area contributed by atoms with E-state index in [1.54, 1.807) is 0 Å². The van der Waals surface area contributed by atoms with Crippen LogP contribution in [-0.4, -0.2) is 52.3 Å². The van der Waals surface area contributed by atoms with Gasteiger partial charge in [0.25, 0.3) is 0 Å². The Morgan fingerprint density at radius 3 is 2.61 bits per heavy atom. The standard InChI is InChI=1S/C12H20N2O4/c1-2-12(3-4-12)7-13-11(18)14-6-8(15)5-9(14)10(16)17/h8-9,15H,2-7H2,1H3,(H,13,18)(H,16,17)/t8-,9-/m1/s1. The Labute approximate surface area is 106 Å². The third-order valence-electron chi connectivity index (χ3n) is 4.15. The Morgan fingerprint density at radius 2 is 2.11 bits per heavy atom. The van der Waals surface area contributed by atoms with Gasteiger partial charge in [-0.15, -0.1) is 0 Å². The van der Waals surface area contributed by atoms with Gasteiger partial charge in [-0.1, -0.05) is 6.92 Å². The molecule has 1 heterocycles. The fourth-order valence-electron chi connectivity index (χ4n) is 2.47. The van der Waals surface area contributed by atoms with E-state index in [9.17, 15) is 14.7 Å². The summed E-state index contributed by atoms with van der Waals surface area (Å²) in [6.45, 7) is 2.79. The zero-order valence-corrected chi connectivity index (χ0v) is 10.6. The van der Waals surface area contributed by atoms with Crippen LogP contribution in [0.4, 0.5) is 4.79 Å². The Bertz CT molecular complexity index is 354. The van der Waals surface area contributed by atoms with E-state index in [1.165, 1.54) is 4.90 Å². The molecule has 6 heteroatoms. The van der Waals surface area contributed by atoms with Gasteiger partial charge in [-0.2, -0.15) is 0 Å². The number of carboxylic acid groups (broad SMARTS) is 1. The lowest BCUT2D eigenvalue weighted by molar-refractivity contribution is -0.141. The maximum atomic E-state index is 11.9. The summed E-state index contributed by atoms with van der Waals surface area (Å²) in [5.41, 5.74) is 0.229. The molecule has 0 radical (unpaired) electrons. The Hall–Kier alpha value is -1.30. The lowest BCUT2D eigenvalue weighted by Crippen LogP contribution is -2.47. The number of urea groups is 1. The van der Waals surface area contributed by atoms with Crippen molar-refractivity contribution in [2.45, 2.75) is 44.8 Å². The average molecular weight is 256 g/mol. The zero-order chi connectivity index (χ0) is 13.3. The molecule has 2 amide bonds. The molecule has 3 N–H and O–H groups in total. The van der Waals surface area contributed by atoms with E-state index in [-0.39, 0.29) is 24.4 Å². The van der Waals surface area contributed by atoms with Crippen molar-refractivity contribution < 1.29 is 19.8 Å². The smallest absolute Gasteiger partial charge is 0.326 e. The fraction of sp³-hybridized carbons (Fsp3) is 0.833. The first-order valence-corrected chi connectivity index (χ1v) is 6.43. The summed E-state index contributed by atoms with van der Waals surface area (Å²) < 4.78 is 0. The molecule has 0 aromatic heterocycles. The molecule has 2 fully saturated rings. The summed E-state index contributed by atoms with van der Waals surface area (Å²) in [5, 5.41) is 21.3. The molecule has 0 aromatic rings. The van der Waals surface area contributed by atoms with Crippen molar-refractivity contribution in [3.05, 3.63) is 0 Å². The molecule has 1 aliphatic carbocycles. The third-order valence-corrected chi connectivity index (χ3v) is 4.15. The van der Waals surface area contributed by atoms with Crippen LogP contribution in [0.1, 0.15) is 32.6 Å². The van der Waals surface area contributed by atoms with Crippen molar-refractivity contribution in [2.24, 2.45) is 5.41 Å². The van der Waals surface area contributed by atoms with Crippen LogP contribution in [0.3, 0.4) is 0 Å². The molecule has 1 aliphatic heterocycles. The fourth-order valence-corrected chi connectivity index (χ4v) is 2.47. The van der Waals surface area contributed by atoms with Crippen molar-refractivity contribution in [1.82, 2.24) is 10.2 Å². The molecule has 0 unspecified atom stereocenters. The summed E-state index contributed by atoms with van der Waals surface area (Å²) in [6, 6.07) is -1.28. The minimum absolute atomic E-state index is 0.0991. The molecular weight excluding hydrogens is 236 g/mol. The molecule has 0 spiro atoms. The molecule has 0 aromatic carbocycles. The summed E-state index contributed by atoms with van der Waals surface area (Å²) in [5.74, 6) is -1.06. The first kappa shape index (κ1) is 13.1. The van der Waals surface area contributed by atoms with Crippen LogP contribution < -0.4 is 5.32 Å². The van der Waals surface area contributed by atoms with Crippen LogP contribution in [0.2, 0.25) is 0 Å². The molecule has 1 saturated carbocycles. The van der Waals surface area contributed by atoms with Gasteiger partial charge in [0, 0.05) is 19.5 Å². The van der Waals surface area contributed by atoms with Gasteiger partial charge in [-0.05, 0) is 24.7 Å². The summed E-state index contributed by atoms with van der Waals surface area (Å²) >= 11 is 0. The second kappa shape index (κ2) is 4.76. The highest BCUT2D eigenvalue weighted by atomic mass is 16.4. The molecule has 18 heavy (non-hydrogen) atoms. The summed E-state index contributed by atoms with van der Waals surface area (Å²) in [7, 11) is 0. The Balaban J connectivity index is 1.89. The SMILES string of the molecule is CCC1(CNC(=O)N2C[C@H](O)C[C@@H]2C(=O)O)CC1. The number of carboxylic acids is 1. The number of nitrogens with one attached hydrogen (secondary N) is 1. The number of aliphatic hydroxyl groups excluding tert-OH is 1. The minimum atomic E-state index is -1.06. The molecule has 0 bridgehead atoms. The Kier molecular flexibility index (Phi) is 3.47. The number of hydrogen-bond donors (Lipinski definition) is 3. The number of hydrogen-bond acceptors (Lipinski definition) is 3. The lowest BCUT2D eigenvalue weighted by Gasteiger charge is -2.23. The number of nitrogens with zero attached hydrogens (tertiary/aromatic N) is 1. The highest BCUT2D eigenvalue weighted by Crippen LogP contribution is 2.47. The van der Waals surface area contributed by atoms with Crippen molar-refractivity contribution in [1.29, 1.82) is 0 Å². The lowest BCUT2D eigenvalue weighted by atomic mass is 10.0. The van der Waals surface area contributed by atoms with Gasteiger partial charge in [0.15, 0.2) is 0 Å². The zero-order valence-electron chi connectivity index (χ0n) is 10.6. The second-order valence-corrected chi connectivity index (χ2v) is 5.41. The number of β-amino-alcohol motifs (C(OH)–C–C–N with tert-alkyl or cyclic N) is 1. The van der Waals surface area contributed by atoms with Gasteiger partial charge < -0.3 is 20.4 Å². The van der Waals surface area contributed by atoms with Crippen LogP contribution in [0.5, 0.6) is 0 Å². The van der Waals surface area contributed by atoms with Crippen molar-refractivity contribution >= 4 is 12.0 Å². The number of carbonyl (C=O) groups is 2. The maximum Gasteiger partial charge on any atom is 0.326 e. The van der Waals surface area contributed by atoms with Gasteiger partial charge in [-0.25, -0.2) is 9.59 Å². The molecule has 6 nitrogen and oxygen atoms in total. The average Bonchev–Trinajstić information content (AvgIpc) is 3.01. The molecule has 2 atom stereocenters. The third kappa shape index (κ3) is 2.58. The number of aliphatic carboxylic acids is 1. The van der Waals surface area contributed by atoms with E-state index < -0.39 is 18.1 Å². The second-order valence-electron chi connectivity index (χ2n) is 5.41. The van der Waals surface area contributed by atoms with Gasteiger partial charge in [0.05, 0.1) is 6.10 Å². The minimum Gasteiger partial charge on any atom is -0.480 e. The quantitative estimate of drug-likeness (QED) is 0.679. The predicted octanol–water partition coefficient (Wildman–Crippen LogP) is 0.406. The van der Waals surface area contributed by atoms with E-state index in [2.05, 4.69) is 12.2 Å². The van der Waals surface area contributed by atoms with Crippen LogP contribution in [-0.2, 0) is 4.79 Å². The molecule has 102 valence electrons. The van der Waals surface area contributed by atoms with Crippen LogP contribution in [0.25, 0.3) is 0 Å². The largest absolute Gasteiger partial charge is 0.480 e. The summed E-state index contributed by atoms with van der Waals surface area (Å²) in [6.07, 6.45) is 2.64. The Morgan fingerprint density at radius 1 is 1.44 bits per heavy atom. The first-order chi connectivity index (χ1) is 8.47. The number of rotatable bonds is 4. The van der Waals surface area contributed by atoms with E-state index in [4.69, 9.17) is 5.11 Å². The van der Waals surface area contributed by atoms with Crippen molar-refractivity contribution in [2.75, 3.05) is 13.1 Å². The maximum absolute atomic E-state index is 11.9. The monoisotopic (exact) mass is 256 g/mol. The highest BCUT2D eigenvalue weighted by Gasteiger charge is 2.43. The number of carbonyl (C=O) groups excluding carboxylic acids is 1. The van der Waals surface area contributed by atoms with Gasteiger partial charge >= 0.3 is 12.0 Å². The molecular formula is C12H20N2O4. The summed E-state index contributed by atoms with van der Waals surface area (Å²) in [4.78, 5) is 24.2. The first-order valence-electron chi connectivity index (χ1n) is 6.43. The molecule has 1 saturated heterocycles. The van der Waals surface area contributed by atoms with Gasteiger partial charge in [0.2, 0.25) is 0 Å². The number of likely N-dealkylation sites (tertiary alicyclic amines) is 1. The van der Waals surface area contributed by atoms with Crippen molar-refractivity contribution in [3.63, 3.8) is 0 Å². The molecule has 2 rings (SSSR count). The van der Waals surface area contributed by atoms with Crippen LogP contribution >= 0.6 is 0 Å². The van der Waals surface area contributed by atoms with Gasteiger partial charge in [0.1, 0.15) is 6.04 Å². The van der Waals surface area contributed by atoms with E-state index in [1.807, 2.05) is 0 Å². The van der Waals surface area contributed by atoms with Crippen LogP contribution in [0.15, 0.2) is 0 Å². The number of amides is 2. The van der Waals surface area contributed by atoms with Crippen molar-refractivity contribution in [3.8, 4) is 0 Å². The van der Waals surface area contributed by atoms with E-state index in [0.717, 1.165) is 19.3 Å². The topological polar surface area (TPSA) is 89.9 Å². The number of aliphatic hydroxyl groups is 1. The highest BCUT2D eigenvalue weighted by molar-refractivity contribution is 5.83.